The number of hydrogen-bond donors (Lipinski definition) is 0. The fraction of sp³-hybridized carbons (Fsp3) is 0.250. The van der Waals surface area contributed by atoms with Crippen LogP contribution in [0, 0.1) is 17.1 Å². The van der Waals surface area contributed by atoms with E-state index in [1.165, 1.54) is 16.4 Å². The van der Waals surface area contributed by atoms with E-state index in [1.54, 1.807) is 44.4 Å². The average molecular weight is 333 g/mol. The van der Waals surface area contributed by atoms with Gasteiger partial charge in [-0.05, 0) is 30.7 Å². The smallest absolute Gasteiger partial charge is 0.245 e. The van der Waals surface area contributed by atoms with E-state index >= 15 is 0 Å². The summed E-state index contributed by atoms with van der Waals surface area (Å²) in [5.74, 6) is -0.848. The molecule has 2 rings (SSSR count). The first-order chi connectivity index (χ1) is 10.9. The molecular weight excluding hydrogens is 317 g/mol. The van der Waals surface area contributed by atoms with Crippen LogP contribution in [0.5, 0.6) is 0 Å². The van der Waals surface area contributed by atoms with Gasteiger partial charge in [0.15, 0.2) is 0 Å². The summed E-state index contributed by atoms with van der Waals surface area (Å²) in [5, 5.41) is 9.09. The molecule has 0 fully saturated rings. The summed E-state index contributed by atoms with van der Waals surface area (Å²) in [5.41, 5.74) is 0.247. The van der Waals surface area contributed by atoms with Crippen molar-refractivity contribution in [3.05, 3.63) is 59.7 Å². The van der Waals surface area contributed by atoms with Crippen LogP contribution in [-0.4, -0.2) is 24.3 Å². The monoisotopic (exact) mass is 333 g/mol. The van der Waals surface area contributed by atoms with Crippen LogP contribution in [0.4, 0.5) is 4.39 Å². The lowest BCUT2D eigenvalue weighted by molar-refractivity contribution is 0.356. The maximum absolute atomic E-state index is 13.8. The predicted octanol–water partition coefficient (Wildman–Crippen LogP) is 2.86. The first kappa shape index (κ1) is 17.1. The molecule has 1 heterocycles. The minimum absolute atomic E-state index is 0.180. The normalized spacial score (nSPS) is 12.8. The molecule has 0 saturated carbocycles. The molecule has 0 aliphatic heterocycles. The van der Waals surface area contributed by atoms with Gasteiger partial charge in [0, 0.05) is 25.0 Å². The number of benzene rings is 1. The molecule has 2 aromatic rings. The van der Waals surface area contributed by atoms with Gasteiger partial charge in [-0.2, -0.15) is 9.57 Å². The number of sulfonamides is 1. The van der Waals surface area contributed by atoms with Gasteiger partial charge in [-0.25, -0.2) is 12.8 Å². The third-order valence-electron chi connectivity index (χ3n) is 3.58. The SMILES string of the molecule is CCN([C@H](C)c1cccnc1)S(=O)(=O)c1cccc(F)c1C#N. The van der Waals surface area contributed by atoms with Gasteiger partial charge in [0.25, 0.3) is 0 Å². The summed E-state index contributed by atoms with van der Waals surface area (Å²) in [4.78, 5) is 3.67. The van der Waals surface area contributed by atoms with E-state index in [4.69, 9.17) is 5.26 Å². The molecule has 120 valence electrons. The molecule has 0 aliphatic rings. The Morgan fingerprint density at radius 1 is 1.35 bits per heavy atom. The molecule has 23 heavy (non-hydrogen) atoms. The predicted molar refractivity (Wildman–Crippen MR) is 83.3 cm³/mol. The van der Waals surface area contributed by atoms with E-state index < -0.39 is 27.4 Å². The Hall–Kier alpha value is -2.30. The lowest BCUT2D eigenvalue weighted by Gasteiger charge is -2.27. The van der Waals surface area contributed by atoms with Gasteiger partial charge in [-0.3, -0.25) is 4.98 Å². The highest BCUT2D eigenvalue weighted by atomic mass is 32.2. The van der Waals surface area contributed by atoms with Crippen molar-refractivity contribution >= 4 is 10.0 Å². The van der Waals surface area contributed by atoms with Crippen molar-refractivity contribution in [2.24, 2.45) is 0 Å². The van der Waals surface area contributed by atoms with Gasteiger partial charge >= 0.3 is 0 Å². The van der Waals surface area contributed by atoms with Gasteiger partial charge in [-0.1, -0.05) is 19.1 Å². The van der Waals surface area contributed by atoms with Crippen LogP contribution < -0.4 is 0 Å². The van der Waals surface area contributed by atoms with Gasteiger partial charge in [0.2, 0.25) is 10.0 Å². The standard InChI is InChI=1S/C16H16FN3O2S/c1-3-20(12(2)13-6-5-9-19-11-13)23(21,22)16-8-4-7-15(17)14(16)10-18/h4-9,11-12H,3H2,1-2H3/t12-/m1/s1. The molecule has 5 nitrogen and oxygen atoms in total. The zero-order valence-corrected chi connectivity index (χ0v) is 13.6. The minimum Gasteiger partial charge on any atom is -0.264 e. The van der Waals surface area contributed by atoms with Crippen LogP contribution in [0.3, 0.4) is 0 Å². The Balaban J connectivity index is 2.53. The van der Waals surface area contributed by atoms with Crippen LogP contribution in [0.15, 0.2) is 47.6 Å². The first-order valence-electron chi connectivity index (χ1n) is 7.03. The second-order valence-electron chi connectivity index (χ2n) is 4.90. The number of rotatable bonds is 5. The summed E-state index contributed by atoms with van der Waals surface area (Å²) in [6.07, 6.45) is 3.18. The van der Waals surface area contributed by atoms with E-state index in [-0.39, 0.29) is 11.4 Å². The summed E-state index contributed by atoms with van der Waals surface area (Å²) in [6.45, 7) is 3.60. The lowest BCUT2D eigenvalue weighted by Crippen LogP contribution is -2.34. The summed E-state index contributed by atoms with van der Waals surface area (Å²) in [6, 6.07) is 8.23. The van der Waals surface area contributed by atoms with Gasteiger partial charge in [0.05, 0.1) is 0 Å². The van der Waals surface area contributed by atoms with Crippen LogP contribution in [-0.2, 0) is 10.0 Å². The van der Waals surface area contributed by atoms with Crippen molar-refractivity contribution in [1.82, 2.24) is 9.29 Å². The molecule has 7 heteroatoms. The van der Waals surface area contributed by atoms with E-state index in [0.717, 1.165) is 6.07 Å². The third-order valence-corrected chi connectivity index (χ3v) is 5.67. The third kappa shape index (κ3) is 3.23. The van der Waals surface area contributed by atoms with Gasteiger partial charge < -0.3 is 0 Å². The molecule has 0 radical (unpaired) electrons. The second kappa shape index (κ2) is 6.86. The number of hydrogen-bond acceptors (Lipinski definition) is 4. The van der Waals surface area contributed by atoms with Crippen molar-refractivity contribution in [3.8, 4) is 6.07 Å². The van der Waals surface area contributed by atoms with E-state index in [1.807, 2.05) is 0 Å². The number of aromatic nitrogens is 1. The Morgan fingerprint density at radius 2 is 2.09 bits per heavy atom. The lowest BCUT2D eigenvalue weighted by atomic mass is 10.1. The quantitative estimate of drug-likeness (QED) is 0.843. The maximum Gasteiger partial charge on any atom is 0.245 e. The molecule has 1 aromatic heterocycles. The molecule has 1 atom stereocenters. The van der Waals surface area contributed by atoms with Crippen molar-refractivity contribution in [1.29, 1.82) is 5.26 Å². The largest absolute Gasteiger partial charge is 0.264 e. The van der Waals surface area contributed by atoms with E-state index in [2.05, 4.69) is 4.98 Å². The molecule has 0 saturated heterocycles. The summed E-state index contributed by atoms with van der Waals surface area (Å²) in [7, 11) is -4.02. The zero-order valence-electron chi connectivity index (χ0n) is 12.8. The van der Waals surface area contributed by atoms with Crippen LogP contribution in [0.25, 0.3) is 0 Å². The highest BCUT2D eigenvalue weighted by Crippen LogP contribution is 2.29. The number of pyridine rings is 1. The molecule has 0 bridgehead atoms. The van der Waals surface area contributed by atoms with Crippen molar-refractivity contribution in [3.63, 3.8) is 0 Å². The number of nitriles is 1. The molecular formula is C16H16FN3O2S. The Kier molecular flexibility index (Phi) is 5.08. The molecule has 0 aliphatic carbocycles. The van der Waals surface area contributed by atoms with Crippen LogP contribution in [0.1, 0.15) is 31.0 Å². The molecule has 0 unspecified atom stereocenters. The van der Waals surface area contributed by atoms with Crippen LogP contribution in [0.2, 0.25) is 0 Å². The fourth-order valence-corrected chi connectivity index (χ4v) is 4.18. The second-order valence-corrected chi connectivity index (χ2v) is 6.75. The fourth-order valence-electron chi connectivity index (χ4n) is 2.40. The first-order valence-corrected chi connectivity index (χ1v) is 8.47. The van der Waals surface area contributed by atoms with E-state index in [0.29, 0.717) is 5.56 Å². The molecule has 1 aromatic carbocycles. The summed E-state index contributed by atoms with van der Waals surface area (Å²) >= 11 is 0. The number of halogens is 1. The molecule has 0 spiro atoms. The number of nitrogens with zero attached hydrogens (tertiary/aromatic N) is 3. The topological polar surface area (TPSA) is 74.1 Å². The zero-order chi connectivity index (χ0) is 17.0. The maximum atomic E-state index is 13.8. The van der Waals surface area contributed by atoms with Gasteiger partial charge in [0.1, 0.15) is 22.3 Å². The summed E-state index contributed by atoms with van der Waals surface area (Å²) < 4.78 is 40.8. The minimum atomic E-state index is -4.02. The van der Waals surface area contributed by atoms with Crippen molar-refractivity contribution in [2.75, 3.05) is 6.54 Å². The van der Waals surface area contributed by atoms with Crippen molar-refractivity contribution < 1.29 is 12.8 Å². The highest BCUT2D eigenvalue weighted by Gasteiger charge is 2.31. The van der Waals surface area contributed by atoms with Crippen molar-refractivity contribution in [2.45, 2.75) is 24.8 Å². The van der Waals surface area contributed by atoms with E-state index in [9.17, 15) is 12.8 Å². The Bertz CT molecular complexity index is 832. The molecule has 0 N–H and O–H groups in total. The van der Waals surface area contributed by atoms with Gasteiger partial charge in [-0.15, -0.1) is 0 Å². The molecule has 0 amide bonds. The highest BCUT2D eigenvalue weighted by molar-refractivity contribution is 7.89. The average Bonchev–Trinajstić information content (AvgIpc) is 2.55. The Morgan fingerprint density at radius 3 is 2.65 bits per heavy atom. The van der Waals surface area contributed by atoms with Crippen LogP contribution >= 0.6 is 0 Å². The Labute approximate surface area is 135 Å².